The van der Waals surface area contributed by atoms with Gasteiger partial charge in [0.25, 0.3) is 10.0 Å². The number of nitrogens with zero attached hydrogens (tertiary/aromatic N) is 2. The highest BCUT2D eigenvalue weighted by Gasteiger charge is 2.44. The number of hydrogen-bond acceptors (Lipinski definition) is 6. The molecule has 11 heteroatoms. The lowest BCUT2D eigenvalue weighted by Gasteiger charge is -2.44. The second-order valence-electron chi connectivity index (χ2n) is 11.7. The van der Waals surface area contributed by atoms with Gasteiger partial charge in [0, 0.05) is 43.3 Å². The van der Waals surface area contributed by atoms with E-state index in [9.17, 15) is 18.0 Å². The molecule has 0 radical (unpaired) electrons. The molecule has 1 N–H and O–H groups in total. The van der Waals surface area contributed by atoms with Crippen LogP contribution < -0.4 is 14.4 Å². The number of ether oxygens (including phenoxy) is 1. The zero-order valence-corrected chi connectivity index (χ0v) is 25.1. The van der Waals surface area contributed by atoms with E-state index in [1.807, 2.05) is 19.9 Å². The van der Waals surface area contributed by atoms with Gasteiger partial charge in [0.15, 0.2) is 0 Å². The zero-order chi connectivity index (χ0) is 28.7. The van der Waals surface area contributed by atoms with Crippen molar-refractivity contribution in [3.8, 4) is 5.75 Å². The molecule has 2 saturated heterocycles. The highest BCUT2D eigenvalue weighted by atomic mass is 35.5. The number of sulfonamides is 1. The van der Waals surface area contributed by atoms with Gasteiger partial charge < -0.3 is 14.5 Å². The van der Waals surface area contributed by atoms with Crippen LogP contribution in [0.1, 0.15) is 52.4 Å². The lowest BCUT2D eigenvalue weighted by Crippen LogP contribution is -2.58. The summed E-state index contributed by atoms with van der Waals surface area (Å²) in [6.07, 6.45) is 4.93. The Morgan fingerprint density at radius 3 is 2.17 bits per heavy atom. The Morgan fingerprint density at radius 1 is 0.950 bits per heavy atom. The van der Waals surface area contributed by atoms with Crippen molar-refractivity contribution in [3.05, 3.63) is 52.5 Å². The van der Waals surface area contributed by atoms with E-state index < -0.39 is 21.3 Å². The normalized spacial score (nSPS) is 23.9. The summed E-state index contributed by atoms with van der Waals surface area (Å²) in [4.78, 5) is 29.2. The topological polar surface area (TPSA) is 96.0 Å². The lowest BCUT2D eigenvalue weighted by atomic mass is 9.83. The van der Waals surface area contributed by atoms with Crippen molar-refractivity contribution in [2.24, 2.45) is 11.3 Å². The number of rotatable bonds is 7. The van der Waals surface area contributed by atoms with Crippen LogP contribution in [-0.2, 0) is 19.6 Å². The van der Waals surface area contributed by atoms with Gasteiger partial charge in [0.05, 0.1) is 20.4 Å². The lowest BCUT2D eigenvalue weighted by molar-refractivity contribution is -0.132. The van der Waals surface area contributed by atoms with E-state index in [2.05, 4.69) is 9.62 Å². The van der Waals surface area contributed by atoms with Gasteiger partial charge >= 0.3 is 0 Å². The molecule has 0 spiro atoms. The fourth-order valence-electron chi connectivity index (χ4n) is 5.90. The second-order valence-corrected chi connectivity index (χ2v) is 14.2. The smallest absolute Gasteiger partial charge is 0.264 e. The van der Waals surface area contributed by atoms with Crippen molar-refractivity contribution >= 4 is 50.7 Å². The minimum Gasteiger partial charge on any atom is -0.490 e. The standard InChI is InChI=1S/C29H35Cl2N3O5S/c1-29(2)18-34(28(29)36)21-7-10-24(11-8-21)40(37,38)32-27(35)19-3-5-20(6-4-19)33-15-13-22(14-16-33)39-23-9-12-25(30)26(31)17-23/h7-12,17,19-20,22H,3-6,13-16,18H2,1-2H3,(H,32,35)/t19-,20-. The number of anilines is 1. The Balaban J connectivity index is 1.07. The van der Waals surface area contributed by atoms with Crippen LogP contribution in [-0.4, -0.2) is 56.9 Å². The first kappa shape index (κ1) is 29.2. The third-order valence-corrected chi connectivity index (χ3v) is 10.4. The third-order valence-electron chi connectivity index (χ3n) is 8.33. The Bertz CT molecular complexity index is 1370. The predicted molar refractivity (Wildman–Crippen MR) is 155 cm³/mol. The molecule has 2 aromatic carbocycles. The fraction of sp³-hybridized carbons (Fsp3) is 0.517. The molecule has 3 fully saturated rings. The minimum absolute atomic E-state index is 0.00742. The number of carbonyl (C=O) groups excluding carboxylic acids is 2. The Kier molecular flexibility index (Phi) is 8.39. The molecule has 5 rings (SSSR count). The maximum Gasteiger partial charge on any atom is 0.264 e. The van der Waals surface area contributed by atoms with Crippen molar-refractivity contribution < 1.29 is 22.7 Å². The van der Waals surface area contributed by atoms with Gasteiger partial charge in [-0.15, -0.1) is 0 Å². The highest BCUT2D eigenvalue weighted by Crippen LogP contribution is 2.36. The average molecular weight is 609 g/mol. The van der Waals surface area contributed by atoms with Gasteiger partial charge in [-0.2, -0.15) is 0 Å². The molecule has 8 nitrogen and oxygen atoms in total. The summed E-state index contributed by atoms with van der Waals surface area (Å²) in [7, 11) is -3.99. The predicted octanol–water partition coefficient (Wildman–Crippen LogP) is 5.27. The van der Waals surface area contributed by atoms with E-state index in [-0.39, 0.29) is 22.8 Å². The van der Waals surface area contributed by atoms with Gasteiger partial charge in [-0.3, -0.25) is 9.59 Å². The van der Waals surface area contributed by atoms with Crippen LogP contribution in [0.3, 0.4) is 0 Å². The van der Waals surface area contributed by atoms with E-state index >= 15 is 0 Å². The highest BCUT2D eigenvalue weighted by molar-refractivity contribution is 7.90. The molecule has 1 aliphatic carbocycles. The Morgan fingerprint density at radius 2 is 1.60 bits per heavy atom. The number of amides is 2. The first-order chi connectivity index (χ1) is 18.9. The SMILES string of the molecule is CC1(C)CN(c2ccc(S(=O)(=O)NC(=O)[C@H]3CC[C@H](N4CCC(Oc5ccc(Cl)c(Cl)c5)CC4)CC3)cc2)C1=O. The molecular formula is C29H35Cl2N3O5S. The summed E-state index contributed by atoms with van der Waals surface area (Å²) >= 11 is 12.1. The molecule has 0 bridgehead atoms. The average Bonchev–Trinajstić information content (AvgIpc) is 2.94. The van der Waals surface area contributed by atoms with Crippen molar-refractivity contribution in [2.45, 2.75) is 69.4 Å². The van der Waals surface area contributed by atoms with E-state index in [4.69, 9.17) is 27.9 Å². The van der Waals surface area contributed by atoms with Gasteiger partial charge in [-0.1, -0.05) is 23.2 Å². The van der Waals surface area contributed by atoms with Gasteiger partial charge in [-0.05, 0) is 88.8 Å². The summed E-state index contributed by atoms with van der Waals surface area (Å²) in [5, 5.41) is 0.983. The molecule has 2 heterocycles. The van der Waals surface area contributed by atoms with Gasteiger partial charge in [0.2, 0.25) is 11.8 Å². The molecule has 40 heavy (non-hydrogen) atoms. The second kappa shape index (κ2) is 11.5. The number of likely N-dealkylation sites (tertiary alicyclic amines) is 1. The first-order valence-corrected chi connectivity index (χ1v) is 16.0. The molecule has 0 atom stereocenters. The molecule has 2 aromatic rings. The monoisotopic (exact) mass is 607 g/mol. The first-order valence-electron chi connectivity index (χ1n) is 13.8. The summed E-state index contributed by atoms with van der Waals surface area (Å²) in [5.74, 6) is -0.0498. The van der Waals surface area contributed by atoms with E-state index in [0.29, 0.717) is 41.2 Å². The molecule has 0 unspecified atom stereocenters. The summed E-state index contributed by atoms with van der Waals surface area (Å²) in [6, 6.07) is 11.8. The van der Waals surface area contributed by atoms with Crippen LogP contribution in [0.15, 0.2) is 47.4 Å². The summed E-state index contributed by atoms with van der Waals surface area (Å²) in [6.45, 7) is 6.18. The van der Waals surface area contributed by atoms with E-state index in [0.717, 1.165) is 44.5 Å². The Hall–Kier alpha value is -2.33. The largest absolute Gasteiger partial charge is 0.490 e. The number of halogens is 2. The zero-order valence-electron chi connectivity index (χ0n) is 22.7. The molecule has 3 aliphatic rings. The van der Waals surface area contributed by atoms with Gasteiger partial charge in [0.1, 0.15) is 11.9 Å². The number of benzene rings is 2. The fourth-order valence-corrected chi connectivity index (χ4v) is 7.23. The van der Waals surface area contributed by atoms with Crippen LogP contribution in [0.4, 0.5) is 5.69 Å². The molecule has 216 valence electrons. The maximum atomic E-state index is 12.9. The molecule has 2 aliphatic heterocycles. The van der Waals surface area contributed by atoms with Crippen LogP contribution in [0, 0.1) is 11.3 Å². The number of β-lactam (4-membered cyclic amide) rings is 1. The number of hydrogen-bond donors (Lipinski definition) is 1. The van der Waals surface area contributed by atoms with E-state index in [1.54, 1.807) is 29.2 Å². The minimum atomic E-state index is -3.99. The van der Waals surface area contributed by atoms with Crippen LogP contribution in [0.5, 0.6) is 5.75 Å². The third kappa shape index (κ3) is 6.27. The summed E-state index contributed by atoms with van der Waals surface area (Å²) < 4.78 is 34.1. The maximum absolute atomic E-state index is 12.9. The van der Waals surface area contributed by atoms with E-state index in [1.165, 1.54) is 12.1 Å². The molecule has 0 aromatic heterocycles. The van der Waals surface area contributed by atoms with Crippen LogP contribution in [0.2, 0.25) is 10.0 Å². The molecule has 1 saturated carbocycles. The summed E-state index contributed by atoms with van der Waals surface area (Å²) in [5.41, 5.74) is 0.258. The van der Waals surface area contributed by atoms with Crippen molar-refractivity contribution in [1.29, 1.82) is 0 Å². The van der Waals surface area contributed by atoms with Gasteiger partial charge in [-0.25, -0.2) is 13.1 Å². The number of piperidine rings is 1. The number of carbonyl (C=O) groups is 2. The van der Waals surface area contributed by atoms with Crippen LogP contribution >= 0.6 is 23.2 Å². The molecular weight excluding hydrogens is 573 g/mol. The number of nitrogens with one attached hydrogen (secondary N) is 1. The van der Waals surface area contributed by atoms with Crippen molar-refractivity contribution in [2.75, 3.05) is 24.5 Å². The van der Waals surface area contributed by atoms with Crippen molar-refractivity contribution in [3.63, 3.8) is 0 Å². The molecule has 2 amide bonds. The van der Waals surface area contributed by atoms with Crippen LogP contribution in [0.25, 0.3) is 0 Å². The Labute approximate surface area is 246 Å². The quantitative estimate of drug-likeness (QED) is 0.431. The van der Waals surface area contributed by atoms with Crippen molar-refractivity contribution in [1.82, 2.24) is 9.62 Å².